The fourth-order valence-corrected chi connectivity index (χ4v) is 2.51. The van der Waals surface area contributed by atoms with Gasteiger partial charge in [0.2, 0.25) is 0 Å². The lowest BCUT2D eigenvalue weighted by atomic mass is 9.99. The summed E-state index contributed by atoms with van der Waals surface area (Å²) in [5, 5.41) is 2.98. The Balaban J connectivity index is 2.07. The summed E-state index contributed by atoms with van der Waals surface area (Å²) in [6, 6.07) is 11.4. The van der Waals surface area contributed by atoms with Gasteiger partial charge in [0.15, 0.2) is 0 Å². The first-order chi connectivity index (χ1) is 9.29. The third-order valence-corrected chi connectivity index (χ3v) is 3.44. The maximum absolute atomic E-state index is 13.7. The van der Waals surface area contributed by atoms with Crippen molar-refractivity contribution in [2.24, 2.45) is 0 Å². The molecular weight excluding hydrogens is 241 g/mol. The zero-order valence-electron chi connectivity index (χ0n) is 10.9. The van der Waals surface area contributed by atoms with Crippen molar-refractivity contribution in [3.63, 3.8) is 0 Å². The highest BCUT2D eigenvalue weighted by Gasteiger charge is 2.17. The number of para-hydroxylation sites is 1. The van der Waals surface area contributed by atoms with Gasteiger partial charge < -0.3 is 10.1 Å². The molecule has 0 spiro atoms. The number of ether oxygens (including phenoxy) is 1. The predicted molar refractivity (Wildman–Crippen MR) is 73.8 cm³/mol. The summed E-state index contributed by atoms with van der Waals surface area (Å²) in [5.74, 6) is 0.774. The van der Waals surface area contributed by atoms with E-state index in [0.29, 0.717) is 12.1 Å². The lowest BCUT2D eigenvalue weighted by molar-refractivity contribution is 0.358. The van der Waals surface area contributed by atoms with Gasteiger partial charge in [-0.15, -0.1) is 0 Å². The Morgan fingerprint density at radius 3 is 3.00 bits per heavy atom. The largest absolute Gasteiger partial charge is 0.492 e. The predicted octanol–water partition coefficient (Wildman–Crippen LogP) is 3.15. The third kappa shape index (κ3) is 2.22. The molecule has 1 aliphatic heterocycles. The summed E-state index contributed by atoms with van der Waals surface area (Å²) in [6.07, 6.45) is 0.952. The van der Waals surface area contributed by atoms with Crippen molar-refractivity contribution >= 4 is 0 Å². The summed E-state index contributed by atoms with van der Waals surface area (Å²) in [5.41, 5.74) is 3.96. The molecule has 1 aliphatic rings. The van der Waals surface area contributed by atoms with Crippen LogP contribution in [0.5, 0.6) is 5.75 Å². The van der Waals surface area contributed by atoms with Crippen LogP contribution in [0.3, 0.4) is 0 Å². The molecule has 3 heteroatoms. The van der Waals surface area contributed by atoms with Crippen molar-refractivity contribution < 1.29 is 9.13 Å². The molecule has 0 saturated heterocycles. The van der Waals surface area contributed by atoms with Crippen molar-refractivity contribution in [2.45, 2.75) is 13.0 Å². The normalized spacial score (nSPS) is 13.2. The van der Waals surface area contributed by atoms with Crippen molar-refractivity contribution in [3.8, 4) is 16.9 Å². The molecule has 1 heterocycles. The number of halogens is 1. The monoisotopic (exact) mass is 257 g/mol. The first-order valence-corrected chi connectivity index (χ1v) is 6.47. The van der Waals surface area contributed by atoms with E-state index in [0.717, 1.165) is 29.9 Å². The molecule has 0 unspecified atom stereocenters. The smallest absolute Gasteiger partial charge is 0.130 e. The van der Waals surface area contributed by atoms with E-state index in [2.05, 4.69) is 11.4 Å². The van der Waals surface area contributed by atoms with E-state index < -0.39 is 0 Å². The highest BCUT2D eigenvalue weighted by Crippen LogP contribution is 2.37. The number of hydrogen-bond acceptors (Lipinski definition) is 2. The second kappa shape index (κ2) is 5.02. The fourth-order valence-electron chi connectivity index (χ4n) is 2.51. The Bertz CT molecular complexity index is 610. The van der Waals surface area contributed by atoms with E-state index in [4.69, 9.17) is 4.74 Å². The molecule has 0 aliphatic carbocycles. The van der Waals surface area contributed by atoms with Crippen LogP contribution in [0.1, 0.15) is 11.1 Å². The SMILES string of the molecule is CNCc1cc(-c2cccc3c2OCC3)ccc1F. The summed E-state index contributed by atoms with van der Waals surface area (Å²) < 4.78 is 19.4. The Kier molecular flexibility index (Phi) is 3.22. The molecule has 0 fully saturated rings. The van der Waals surface area contributed by atoms with Gasteiger partial charge >= 0.3 is 0 Å². The summed E-state index contributed by atoms with van der Waals surface area (Å²) in [4.78, 5) is 0. The van der Waals surface area contributed by atoms with Crippen LogP contribution in [0.4, 0.5) is 4.39 Å². The summed E-state index contributed by atoms with van der Waals surface area (Å²) in [6.45, 7) is 1.26. The number of nitrogens with one attached hydrogen (secondary N) is 1. The van der Waals surface area contributed by atoms with Crippen molar-refractivity contribution in [1.29, 1.82) is 0 Å². The van der Waals surface area contributed by atoms with Crippen molar-refractivity contribution in [2.75, 3.05) is 13.7 Å². The van der Waals surface area contributed by atoms with Crippen LogP contribution >= 0.6 is 0 Å². The molecule has 0 saturated carbocycles. The molecule has 19 heavy (non-hydrogen) atoms. The second-order valence-electron chi connectivity index (χ2n) is 4.73. The van der Waals surface area contributed by atoms with Crippen molar-refractivity contribution in [1.82, 2.24) is 5.32 Å². The minimum atomic E-state index is -0.174. The number of rotatable bonds is 3. The topological polar surface area (TPSA) is 21.3 Å². The first kappa shape index (κ1) is 12.2. The minimum Gasteiger partial charge on any atom is -0.492 e. The van der Waals surface area contributed by atoms with Gasteiger partial charge in [0, 0.05) is 24.1 Å². The molecule has 2 aromatic carbocycles. The average molecular weight is 257 g/mol. The molecule has 2 aromatic rings. The van der Waals surface area contributed by atoms with E-state index in [-0.39, 0.29) is 5.82 Å². The van der Waals surface area contributed by atoms with Crippen LogP contribution in [0.2, 0.25) is 0 Å². The minimum absolute atomic E-state index is 0.174. The Morgan fingerprint density at radius 1 is 1.26 bits per heavy atom. The molecule has 98 valence electrons. The van der Waals surface area contributed by atoms with Gasteiger partial charge in [-0.05, 0) is 30.3 Å². The van der Waals surface area contributed by atoms with Crippen LogP contribution in [0.15, 0.2) is 36.4 Å². The fraction of sp³-hybridized carbons (Fsp3) is 0.250. The van der Waals surface area contributed by atoms with Gasteiger partial charge in [0.1, 0.15) is 11.6 Å². The molecule has 0 amide bonds. The first-order valence-electron chi connectivity index (χ1n) is 6.47. The lowest BCUT2D eigenvalue weighted by Gasteiger charge is -2.10. The van der Waals surface area contributed by atoms with Gasteiger partial charge in [0.25, 0.3) is 0 Å². The van der Waals surface area contributed by atoms with Crippen molar-refractivity contribution in [3.05, 3.63) is 53.3 Å². The van der Waals surface area contributed by atoms with E-state index >= 15 is 0 Å². The maximum atomic E-state index is 13.7. The van der Waals surface area contributed by atoms with Gasteiger partial charge in [-0.1, -0.05) is 24.3 Å². The van der Waals surface area contributed by atoms with E-state index in [9.17, 15) is 4.39 Å². The molecule has 2 nitrogen and oxygen atoms in total. The average Bonchev–Trinajstić information content (AvgIpc) is 2.90. The Labute approximate surface area is 112 Å². The van der Waals surface area contributed by atoms with Gasteiger partial charge in [0.05, 0.1) is 6.61 Å². The molecular formula is C16H16FNO. The third-order valence-electron chi connectivity index (χ3n) is 3.44. The van der Waals surface area contributed by atoms with Crippen LogP contribution in [-0.4, -0.2) is 13.7 Å². The zero-order chi connectivity index (χ0) is 13.2. The van der Waals surface area contributed by atoms with Gasteiger partial charge in [-0.3, -0.25) is 0 Å². The molecule has 0 atom stereocenters. The number of fused-ring (bicyclic) bond motifs is 1. The molecule has 0 radical (unpaired) electrons. The number of benzene rings is 2. The van der Waals surface area contributed by atoms with Gasteiger partial charge in [-0.25, -0.2) is 4.39 Å². The lowest BCUT2D eigenvalue weighted by Crippen LogP contribution is -2.07. The Morgan fingerprint density at radius 2 is 2.16 bits per heavy atom. The summed E-state index contributed by atoms with van der Waals surface area (Å²) >= 11 is 0. The Hall–Kier alpha value is -1.87. The van der Waals surface area contributed by atoms with Crippen LogP contribution < -0.4 is 10.1 Å². The van der Waals surface area contributed by atoms with Crippen LogP contribution in [0.25, 0.3) is 11.1 Å². The quantitative estimate of drug-likeness (QED) is 0.912. The molecule has 0 bridgehead atoms. The molecule has 3 rings (SSSR count). The van der Waals surface area contributed by atoms with E-state index in [1.54, 1.807) is 0 Å². The second-order valence-corrected chi connectivity index (χ2v) is 4.73. The van der Waals surface area contributed by atoms with Crippen LogP contribution in [-0.2, 0) is 13.0 Å². The van der Waals surface area contributed by atoms with Gasteiger partial charge in [-0.2, -0.15) is 0 Å². The van der Waals surface area contributed by atoms with E-state index in [1.165, 1.54) is 11.6 Å². The van der Waals surface area contributed by atoms with Crippen LogP contribution in [0, 0.1) is 5.82 Å². The van der Waals surface area contributed by atoms with E-state index in [1.807, 2.05) is 31.3 Å². The standard InChI is InChI=1S/C16H16FNO/c1-18-10-13-9-12(5-6-15(13)17)14-4-2-3-11-7-8-19-16(11)14/h2-6,9,18H,7-8,10H2,1H3. The number of hydrogen-bond donors (Lipinski definition) is 1. The highest BCUT2D eigenvalue weighted by atomic mass is 19.1. The summed E-state index contributed by atoms with van der Waals surface area (Å²) in [7, 11) is 1.81. The molecule has 0 aromatic heterocycles. The zero-order valence-corrected chi connectivity index (χ0v) is 10.9. The maximum Gasteiger partial charge on any atom is 0.130 e. The molecule has 1 N–H and O–H groups in total. The highest BCUT2D eigenvalue weighted by molar-refractivity contribution is 5.73.